The fourth-order valence-corrected chi connectivity index (χ4v) is 2.59. The summed E-state index contributed by atoms with van der Waals surface area (Å²) in [6.45, 7) is 6.00. The first-order valence-corrected chi connectivity index (χ1v) is 5.91. The summed E-state index contributed by atoms with van der Waals surface area (Å²) in [6, 6.07) is 0.404. The average Bonchev–Trinajstić information content (AvgIpc) is 2.40. The Morgan fingerprint density at radius 3 is 3.27 bits per heavy atom. The molecule has 4 nitrogen and oxygen atoms in total. The zero-order valence-corrected chi connectivity index (χ0v) is 9.37. The highest BCUT2D eigenvalue weighted by molar-refractivity contribution is 5.78. The van der Waals surface area contributed by atoms with Crippen molar-refractivity contribution in [3.05, 3.63) is 0 Å². The van der Waals surface area contributed by atoms with Gasteiger partial charge in [0.2, 0.25) is 5.91 Å². The number of nitrogens with one attached hydrogen (secondary N) is 1. The fraction of sp³-hybridized carbons (Fsp3) is 0.909. The summed E-state index contributed by atoms with van der Waals surface area (Å²) >= 11 is 0. The van der Waals surface area contributed by atoms with E-state index in [1.165, 1.54) is 0 Å². The maximum absolute atomic E-state index is 11.8. The third-order valence-corrected chi connectivity index (χ3v) is 3.31. The van der Waals surface area contributed by atoms with E-state index in [-0.39, 0.29) is 12.5 Å². The van der Waals surface area contributed by atoms with Gasteiger partial charge in [-0.05, 0) is 19.4 Å². The molecule has 0 aromatic carbocycles. The minimum Gasteiger partial charge on any atom is -0.371 e. The van der Waals surface area contributed by atoms with Gasteiger partial charge in [0, 0.05) is 25.0 Å². The lowest BCUT2D eigenvalue weighted by Crippen LogP contribution is -2.51. The van der Waals surface area contributed by atoms with Crippen LogP contribution in [0.4, 0.5) is 0 Å². The van der Waals surface area contributed by atoms with Crippen LogP contribution in [-0.4, -0.2) is 49.7 Å². The summed E-state index contributed by atoms with van der Waals surface area (Å²) in [6.07, 6.45) is 2.10. The van der Waals surface area contributed by atoms with Crippen LogP contribution >= 0.6 is 0 Å². The molecule has 1 N–H and O–H groups in total. The molecule has 0 bridgehead atoms. The van der Waals surface area contributed by atoms with Crippen molar-refractivity contribution in [2.75, 3.05) is 32.8 Å². The molecule has 2 rings (SSSR count). The molecule has 2 heterocycles. The van der Waals surface area contributed by atoms with Crippen molar-refractivity contribution in [2.24, 2.45) is 5.92 Å². The van der Waals surface area contributed by atoms with Gasteiger partial charge in [-0.25, -0.2) is 0 Å². The van der Waals surface area contributed by atoms with E-state index in [1.807, 2.05) is 4.90 Å². The van der Waals surface area contributed by atoms with E-state index in [4.69, 9.17) is 4.74 Å². The van der Waals surface area contributed by atoms with E-state index in [0.717, 1.165) is 39.1 Å². The second-order valence-corrected chi connectivity index (χ2v) is 4.42. The van der Waals surface area contributed by atoms with Crippen molar-refractivity contribution in [1.82, 2.24) is 10.2 Å². The quantitative estimate of drug-likeness (QED) is 0.712. The SMILES string of the molecule is CCCN1C(=O)COC[C@H]2CNCC[C@H]21. The molecule has 0 spiro atoms. The van der Waals surface area contributed by atoms with Gasteiger partial charge in [-0.1, -0.05) is 6.92 Å². The van der Waals surface area contributed by atoms with Gasteiger partial charge in [-0.15, -0.1) is 0 Å². The number of piperidine rings is 1. The average molecular weight is 212 g/mol. The normalized spacial score (nSPS) is 32.3. The highest BCUT2D eigenvalue weighted by atomic mass is 16.5. The van der Waals surface area contributed by atoms with Crippen LogP contribution in [0.15, 0.2) is 0 Å². The smallest absolute Gasteiger partial charge is 0.248 e. The van der Waals surface area contributed by atoms with Gasteiger partial charge in [0.05, 0.1) is 6.61 Å². The minimum absolute atomic E-state index is 0.172. The summed E-state index contributed by atoms with van der Waals surface area (Å²) in [5.41, 5.74) is 0. The van der Waals surface area contributed by atoms with Gasteiger partial charge in [0.1, 0.15) is 6.61 Å². The highest BCUT2D eigenvalue weighted by Gasteiger charge is 2.34. The number of carbonyl (C=O) groups is 1. The molecule has 4 heteroatoms. The highest BCUT2D eigenvalue weighted by Crippen LogP contribution is 2.21. The predicted octanol–water partition coefficient (Wildman–Crippen LogP) is 0.233. The molecule has 2 saturated heterocycles. The standard InChI is InChI=1S/C11H20N2O2/c1-2-5-13-10-3-4-12-6-9(10)7-15-8-11(13)14/h9-10,12H,2-8H2,1H3/t9-,10-/m1/s1. The topological polar surface area (TPSA) is 41.6 Å². The molecule has 0 aliphatic carbocycles. The summed E-state index contributed by atoms with van der Waals surface area (Å²) in [7, 11) is 0. The van der Waals surface area contributed by atoms with E-state index in [0.29, 0.717) is 12.0 Å². The zero-order valence-electron chi connectivity index (χ0n) is 9.37. The number of nitrogens with zero attached hydrogens (tertiary/aromatic N) is 1. The molecule has 0 saturated carbocycles. The van der Waals surface area contributed by atoms with Crippen LogP contribution in [0.5, 0.6) is 0 Å². The van der Waals surface area contributed by atoms with Gasteiger partial charge >= 0.3 is 0 Å². The summed E-state index contributed by atoms with van der Waals surface area (Å²) in [5.74, 6) is 0.656. The van der Waals surface area contributed by atoms with Crippen LogP contribution in [0.2, 0.25) is 0 Å². The number of hydrogen-bond acceptors (Lipinski definition) is 3. The number of fused-ring (bicyclic) bond motifs is 1. The molecule has 2 fully saturated rings. The second-order valence-electron chi connectivity index (χ2n) is 4.42. The Balaban J connectivity index is 2.10. The van der Waals surface area contributed by atoms with Crippen molar-refractivity contribution in [3.63, 3.8) is 0 Å². The first-order valence-electron chi connectivity index (χ1n) is 5.91. The van der Waals surface area contributed by atoms with Gasteiger partial charge in [-0.3, -0.25) is 4.79 Å². The minimum atomic E-state index is 0.172. The van der Waals surface area contributed by atoms with E-state index < -0.39 is 0 Å². The van der Waals surface area contributed by atoms with Crippen LogP contribution < -0.4 is 5.32 Å². The van der Waals surface area contributed by atoms with Gasteiger partial charge in [-0.2, -0.15) is 0 Å². The van der Waals surface area contributed by atoms with Crippen molar-refractivity contribution in [2.45, 2.75) is 25.8 Å². The summed E-state index contributed by atoms with van der Waals surface area (Å²) in [5, 5.41) is 3.37. The van der Waals surface area contributed by atoms with E-state index >= 15 is 0 Å². The lowest BCUT2D eigenvalue weighted by atomic mass is 9.92. The van der Waals surface area contributed by atoms with E-state index in [2.05, 4.69) is 12.2 Å². The Labute approximate surface area is 91.0 Å². The Morgan fingerprint density at radius 1 is 1.60 bits per heavy atom. The maximum atomic E-state index is 11.8. The Morgan fingerprint density at radius 2 is 2.47 bits per heavy atom. The Hall–Kier alpha value is -0.610. The van der Waals surface area contributed by atoms with Crippen LogP contribution in [0.3, 0.4) is 0 Å². The van der Waals surface area contributed by atoms with Gasteiger partial charge in [0.25, 0.3) is 0 Å². The lowest BCUT2D eigenvalue weighted by Gasteiger charge is -2.37. The molecular formula is C11H20N2O2. The number of hydrogen-bond donors (Lipinski definition) is 1. The number of amides is 1. The van der Waals surface area contributed by atoms with Crippen molar-refractivity contribution >= 4 is 5.91 Å². The first kappa shape index (κ1) is 10.9. The Bertz CT molecular complexity index is 233. The molecule has 0 aromatic rings. The first-order chi connectivity index (χ1) is 7.33. The van der Waals surface area contributed by atoms with Crippen molar-refractivity contribution in [1.29, 1.82) is 0 Å². The summed E-state index contributed by atoms with van der Waals surface area (Å²) < 4.78 is 5.42. The number of ether oxygens (including phenoxy) is 1. The second kappa shape index (κ2) is 4.94. The third-order valence-electron chi connectivity index (χ3n) is 3.31. The Kier molecular flexibility index (Phi) is 3.59. The van der Waals surface area contributed by atoms with Crippen LogP contribution in [0.25, 0.3) is 0 Å². The molecule has 0 radical (unpaired) electrons. The van der Waals surface area contributed by atoms with Crippen LogP contribution in [-0.2, 0) is 9.53 Å². The van der Waals surface area contributed by atoms with Crippen LogP contribution in [0, 0.1) is 5.92 Å². The van der Waals surface area contributed by atoms with Gasteiger partial charge < -0.3 is 15.0 Å². The molecule has 86 valence electrons. The fourth-order valence-electron chi connectivity index (χ4n) is 2.59. The summed E-state index contributed by atoms with van der Waals surface area (Å²) in [4.78, 5) is 13.9. The molecule has 1 amide bonds. The van der Waals surface area contributed by atoms with Crippen molar-refractivity contribution in [3.8, 4) is 0 Å². The lowest BCUT2D eigenvalue weighted by molar-refractivity contribution is -0.136. The maximum Gasteiger partial charge on any atom is 0.248 e. The van der Waals surface area contributed by atoms with Crippen molar-refractivity contribution < 1.29 is 9.53 Å². The molecule has 0 unspecified atom stereocenters. The molecule has 2 aliphatic heterocycles. The molecule has 2 aliphatic rings. The monoisotopic (exact) mass is 212 g/mol. The van der Waals surface area contributed by atoms with E-state index in [1.54, 1.807) is 0 Å². The van der Waals surface area contributed by atoms with E-state index in [9.17, 15) is 4.79 Å². The molecule has 0 aromatic heterocycles. The zero-order chi connectivity index (χ0) is 10.7. The van der Waals surface area contributed by atoms with Crippen LogP contribution in [0.1, 0.15) is 19.8 Å². The third kappa shape index (κ3) is 2.32. The molecule has 2 atom stereocenters. The molecular weight excluding hydrogens is 192 g/mol. The number of rotatable bonds is 2. The molecule has 15 heavy (non-hydrogen) atoms. The number of carbonyl (C=O) groups excluding carboxylic acids is 1. The predicted molar refractivity (Wildman–Crippen MR) is 57.6 cm³/mol. The largest absolute Gasteiger partial charge is 0.371 e. The van der Waals surface area contributed by atoms with Gasteiger partial charge in [0.15, 0.2) is 0 Å².